The zero-order valence-corrected chi connectivity index (χ0v) is 18.3. The number of methoxy groups -OCH3 is 2. The van der Waals surface area contributed by atoms with Crippen molar-refractivity contribution in [1.82, 2.24) is 4.98 Å². The van der Waals surface area contributed by atoms with Crippen LogP contribution in [0.4, 0.5) is 5.69 Å². The molecule has 0 spiro atoms. The van der Waals surface area contributed by atoms with Gasteiger partial charge in [0.25, 0.3) is 0 Å². The normalized spacial score (nSPS) is 14.7. The van der Waals surface area contributed by atoms with Crippen LogP contribution in [0.2, 0.25) is 0 Å². The summed E-state index contributed by atoms with van der Waals surface area (Å²) >= 11 is 0. The van der Waals surface area contributed by atoms with E-state index < -0.39 is 0 Å². The minimum absolute atomic E-state index is 0.159. The summed E-state index contributed by atoms with van der Waals surface area (Å²) in [5.74, 6) is 0.684. The number of rotatable bonds is 8. The van der Waals surface area contributed by atoms with Crippen molar-refractivity contribution in [3.05, 3.63) is 83.7 Å². The highest BCUT2D eigenvalue weighted by atomic mass is 16.6. The highest BCUT2D eigenvalue weighted by Crippen LogP contribution is 2.28. The molecule has 33 heavy (non-hydrogen) atoms. The molecule has 8 heteroatoms. The van der Waals surface area contributed by atoms with Crippen molar-refractivity contribution in [3.8, 4) is 11.5 Å². The highest BCUT2D eigenvalue weighted by Gasteiger charge is 2.25. The van der Waals surface area contributed by atoms with Gasteiger partial charge in [0, 0.05) is 41.2 Å². The molecule has 0 saturated carbocycles. The van der Waals surface area contributed by atoms with Crippen LogP contribution in [0.3, 0.4) is 0 Å². The minimum Gasteiger partial charge on any atom is -0.493 e. The first-order chi connectivity index (χ1) is 16.1. The molecule has 3 aromatic rings. The van der Waals surface area contributed by atoms with Gasteiger partial charge in [-0.1, -0.05) is 5.16 Å². The Balaban J connectivity index is 1.33. The molecule has 0 bridgehead atoms. The maximum atomic E-state index is 12.8. The Morgan fingerprint density at radius 2 is 1.79 bits per heavy atom. The van der Waals surface area contributed by atoms with E-state index in [2.05, 4.69) is 15.5 Å². The van der Waals surface area contributed by atoms with Gasteiger partial charge in [-0.05, 0) is 54.6 Å². The van der Waals surface area contributed by atoms with E-state index in [-0.39, 0.29) is 24.2 Å². The Bertz CT molecular complexity index is 1180. The maximum Gasteiger partial charge on any atom is 0.228 e. The van der Waals surface area contributed by atoms with Crippen molar-refractivity contribution in [1.29, 1.82) is 0 Å². The van der Waals surface area contributed by atoms with Crippen molar-refractivity contribution >= 4 is 23.1 Å². The molecule has 0 saturated heterocycles. The molecule has 1 amide bonds. The molecule has 0 radical (unpaired) electrons. The van der Waals surface area contributed by atoms with E-state index in [0.717, 1.165) is 11.3 Å². The van der Waals surface area contributed by atoms with Crippen LogP contribution < -0.4 is 14.8 Å². The molecule has 1 unspecified atom stereocenters. The standard InChI is InChI=1S/C25H23N3O5/c1-31-22-10-7-17(12-23(22)32-2)25(30)16-5-8-19(9-6-16)27-24(29)14-20-13-21(28-33-20)18-4-3-11-26-15-18/h3-12,15,20H,13-14H2,1-2H3,(H,27,29). The fourth-order valence-corrected chi connectivity index (χ4v) is 3.51. The Morgan fingerprint density at radius 1 is 1.03 bits per heavy atom. The van der Waals surface area contributed by atoms with Crippen molar-refractivity contribution in [2.24, 2.45) is 5.16 Å². The second-order valence-electron chi connectivity index (χ2n) is 7.44. The number of oxime groups is 1. The SMILES string of the molecule is COc1ccc(C(=O)c2ccc(NC(=O)CC3CC(c4cccnc4)=NO3)cc2)cc1OC. The Labute approximate surface area is 191 Å². The predicted octanol–water partition coefficient (Wildman–Crippen LogP) is 3.85. The first-order valence-electron chi connectivity index (χ1n) is 10.4. The van der Waals surface area contributed by atoms with E-state index in [1.165, 1.54) is 14.2 Å². The molecule has 1 atom stereocenters. The number of amides is 1. The van der Waals surface area contributed by atoms with Crippen LogP contribution in [-0.2, 0) is 9.63 Å². The number of nitrogens with zero attached hydrogens (tertiary/aromatic N) is 2. The molecule has 0 aliphatic carbocycles. The lowest BCUT2D eigenvalue weighted by Crippen LogP contribution is -2.20. The molecule has 168 valence electrons. The van der Waals surface area contributed by atoms with Gasteiger partial charge >= 0.3 is 0 Å². The number of ketones is 1. The van der Waals surface area contributed by atoms with Gasteiger partial charge in [-0.25, -0.2) is 0 Å². The average molecular weight is 445 g/mol. The van der Waals surface area contributed by atoms with E-state index >= 15 is 0 Å². The topological polar surface area (TPSA) is 99.1 Å². The van der Waals surface area contributed by atoms with Gasteiger partial charge in [0.2, 0.25) is 5.91 Å². The first kappa shape index (κ1) is 22.0. The molecule has 2 heterocycles. The third-order valence-electron chi connectivity index (χ3n) is 5.22. The monoisotopic (exact) mass is 445 g/mol. The van der Waals surface area contributed by atoms with Gasteiger partial charge in [0.15, 0.2) is 17.3 Å². The lowest BCUT2D eigenvalue weighted by atomic mass is 10.0. The molecular formula is C25H23N3O5. The van der Waals surface area contributed by atoms with Gasteiger partial charge in [-0.15, -0.1) is 0 Å². The van der Waals surface area contributed by atoms with E-state index in [9.17, 15) is 9.59 Å². The summed E-state index contributed by atoms with van der Waals surface area (Å²) in [5, 5.41) is 6.91. The summed E-state index contributed by atoms with van der Waals surface area (Å²) in [5.41, 5.74) is 3.23. The fourth-order valence-electron chi connectivity index (χ4n) is 3.51. The van der Waals surface area contributed by atoms with Gasteiger partial charge in [0.05, 0.1) is 26.4 Å². The predicted molar refractivity (Wildman–Crippen MR) is 123 cm³/mol. The molecule has 0 fully saturated rings. The molecule has 4 rings (SSSR count). The summed E-state index contributed by atoms with van der Waals surface area (Å²) in [6, 6.07) is 15.5. The number of carbonyl (C=O) groups excluding carboxylic acids is 2. The summed E-state index contributed by atoms with van der Waals surface area (Å²) in [6.45, 7) is 0. The van der Waals surface area contributed by atoms with Gasteiger partial charge in [-0.3, -0.25) is 14.6 Å². The van der Waals surface area contributed by atoms with E-state index in [4.69, 9.17) is 14.3 Å². The summed E-state index contributed by atoms with van der Waals surface area (Å²) in [6.07, 6.45) is 3.79. The Hall–Kier alpha value is -4.20. The molecule has 1 N–H and O–H groups in total. The van der Waals surface area contributed by atoms with Crippen LogP contribution in [0.5, 0.6) is 11.5 Å². The number of hydrogen-bond acceptors (Lipinski definition) is 7. The molecule has 1 aliphatic rings. The minimum atomic E-state index is -0.328. The Morgan fingerprint density at radius 3 is 2.48 bits per heavy atom. The number of hydrogen-bond donors (Lipinski definition) is 1. The summed E-state index contributed by atoms with van der Waals surface area (Å²) < 4.78 is 10.5. The quantitative estimate of drug-likeness (QED) is 0.529. The van der Waals surface area contributed by atoms with Crippen LogP contribution in [-0.4, -0.2) is 42.7 Å². The highest BCUT2D eigenvalue weighted by molar-refractivity contribution is 6.09. The molecular weight excluding hydrogens is 422 g/mol. The van der Waals surface area contributed by atoms with Crippen molar-refractivity contribution in [2.75, 3.05) is 19.5 Å². The number of carbonyl (C=O) groups is 2. The van der Waals surface area contributed by atoms with E-state index in [0.29, 0.717) is 34.7 Å². The van der Waals surface area contributed by atoms with E-state index in [1.54, 1.807) is 54.9 Å². The number of ether oxygens (including phenoxy) is 2. The second-order valence-corrected chi connectivity index (χ2v) is 7.44. The third kappa shape index (κ3) is 5.17. The second kappa shape index (κ2) is 9.95. The molecule has 2 aromatic carbocycles. The number of aromatic nitrogens is 1. The number of pyridine rings is 1. The van der Waals surface area contributed by atoms with Crippen LogP contribution in [0, 0.1) is 0 Å². The number of nitrogens with one attached hydrogen (secondary N) is 1. The Kier molecular flexibility index (Phi) is 6.64. The number of anilines is 1. The van der Waals surface area contributed by atoms with E-state index in [1.807, 2.05) is 12.1 Å². The molecule has 1 aliphatic heterocycles. The lowest BCUT2D eigenvalue weighted by molar-refractivity contribution is -0.118. The summed E-state index contributed by atoms with van der Waals surface area (Å²) in [4.78, 5) is 34.7. The number of benzene rings is 2. The van der Waals surface area contributed by atoms with Crippen LogP contribution in [0.15, 0.2) is 72.1 Å². The molecule has 1 aromatic heterocycles. The maximum absolute atomic E-state index is 12.8. The fraction of sp³-hybridized carbons (Fsp3) is 0.200. The first-order valence-corrected chi connectivity index (χ1v) is 10.4. The van der Waals surface area contributed by atoms with Crippen LogP contribution in [0.25, 0.3) is 0 Å². The largest absolute Gasteiger partial charge is 0.493 e. The molecule has 8 nitrogen and oxygen atoms in total. The van der Waals surface area contributed by atoms with Gasteiger partial charge in [-0.2, -0.15) is 0 Å². The van der Waals surface area contributed by atoms with Crippen molar-refractivity contribution in [2.45, 2.75) is 18.9 Å². The average Bonchev–Trinajstić information content (AvgIpc) is 3.32. The smallest absolute Gasteiger partial charge is 0.228 e. The third-order valence-corrected chi connectivity index (χ3v) is 5.22. The summed E-state index contributed by atoms with van der Waals surface area (Å²) in [7, 11) is 3.06. The zero-order valence-electron chi connectivity index (χ0n) is 18.3. The van der Waals surface area contributed by atoms with Crippen molar-refractivity contribution in [3.63, 3.8) is 0 Å². The van der Waals surface area contributed by atoms with Crippen LogP contribution in [0.1, 0.15) is 34.3 Å². The van der Waals surface area contributed by atoms with Gasteiger partial charge in [0.1, 0.15) is 6.10 Å². The van der Waals surface area contributed by atoms with Gasteiger partial charge < -0.3 is 19.6 Å². The van der Waals surface area contributed by atoms with Crippen molar-refractivity contribution < 1.29 is 23.9 Å². The lowest BCUT2D eigenvalue weighted by Gasteiger charge is -2.10. The van der Waals surface area contributed by atoms with Crippen LogP contribution >= 0.6 is 0 Å². The zero-order chi connectivity index (χ0) is 23.2.